The molecule has 0 unspecified atom stereocenters. The lowest BCUT2D eigenvalue weighted by atomic mass is 9.90. The van der Waals surface area contributed by atoms with E-state index in [9.17, 15) is 13.6 Å². The number of halogens is 2. The SMILES string of the molecule is O=C(N1CCC(Cc2ccccc2)CC1)n1cnc(-c2ccc(F)cc2F)n1. The predicted molar refractivity (Wildman–Crippen MR) is 101 cm³/mol. The van der Waals surface area contributed by atoms with Gasteiger partial charge in [-0.05, 0) is 42.9 Å². The lowest BCUT2D eigenvalue weighted by molar-refractivity contribution is 0.169. The Labute approximate surface area is 161 Å². The Morgan fingerprint density at radius 2 is 1.82 bits per heavy atom. The second kappa shape index (κ2) is 7.88. The molecular formula is C21H20F2N4O. The first-order valence-electron chi connectivity index (χ1n) is 9.30. The highest BCUT2D eigenvalue weighted by molar-refractivity contribution is 5.76. The Kier molecular flexibility index (Phi) is 5.14. The van der Waals surface area contributed by atoms with Gasteiger partial charge in [0.2, 0.25) is 0 Å². The molecule has 0 radical (unpaired) electrons. The van der Waals surface area contributed by atoms with E-state index in [0.717, 1.165) is 36.1 Å². The number of carbonyl (C=O) groups is 1. The average Bonchev–Trinajstić information content (AvgIpc) is 3.19. The number of carbonyl (C=O) groups excluding carboxylic acids is 1. The summed E-state index contributed by atoms with van der Waals surface area (Å²) in [7, 11) is 0. The van der Waals surface area contributed by atoms with Crippen LogP contribution in [-0.2, 0) is 6.42 Å². The minimum absolute atomic E-state index is 0.0600. The number of hydrogen-bond acceptors (Lipinski definition) is 3. The molecule has 7 heteroatoms. The third-order valence-electron chi connectivity index (χ3n) is 5.11. The topological polar surface area (TPSA) is 51.0 Å². The van der Waals surface area contributed by atoms with Gasteiger partial charge >= 0.3 is 6.03 Å². The summed E-state index contributed by atoms with van der Waals surface area (Å²) >= 11 is 0. The number of amides is 1. The second-order valence-electron chi connectivity index (χ2n) is 7.04. The van der Waals surface area contributed by atoms with E-state index in [0.29, 0.717) is 19.0 Å². The van der Waals surface area contributed by atoms with Crippen molar-refractivity contribution in [2.24, 2.45) is 5.92 Å². The Morgan fingerprint density at radius 3 is 2.54 bits per heavy atom. The van der Waals surface area contributed by atoms with Crippen LogP contribution >= 0.6 is 0 Å². The minimum atomic E-state index is -0.757. The first-order valence-corrected chi connectivity index (χ1v) is 9.30. The maximum absolute atomic E-state index is 13.9. The monoisotopic (exact) mass is 382 g/mol. The van der Waals surface area contributed by atoms with Crippen LogP contribution in [0.5, 0.6) is 0 Å². The molecule has 3 aromatic rings. The van der Waals surface area contributed by atoms with Crippen molar-refractivity contribution in [2.75, 3.05) is 13.1 Å². The predicted octanol–water partition coefficient (Wildman–Crippen LogP) is 4.15. The first kappa shape index (κ1) is 18.3. The highest BCUT2D eigenvalue weighted by Crippen LogP contribution is 2.23. The number of nitrogens with zero attached hydrogens (tertiary/aromatic N) is 4. The summed E-state index contributed by atoms with van der Waals surface area (Å²) in [5.41, 5.74) is 1.38. The van der Waals surface area contributed by atoms with Crippen LogP contribution in [0.15, 0.2) is 54.9 Å². The largest absolute Gasteiger partial charge is 0.346 e. The van der Waals surface area contributed by atoms with Crippen LogP contribution in [-0.4, -0.2) is 38.8 Å². The number of aromatic nitrogens is 3. The summed E-state index contributed by atoms with van der Waals surface area (Å²) in [4.78, 5) is 18.4. The molecule has 144 valence electrons. The molecule has 1 fully saturated rings. The Hall–Kier alpha value is -3.09. The Bertz CT molecular complexity index is 966. The summed E-state index contributed by atoms with van der Waals surface area (Å²) in [5, 5.41) is 4.08. The molecule has 4 rings (SSSR count). The van der Waals surface area contributed by atoms with E-state index >= 15 is 0 Å². The fraction of sp³-hybridized carbons (Fsp3) is 0.286. The molecule has 2 aromatic carbocycles. The minimum Gasteiger partial charge on any atom is -0.323 e. The molecule has 1 aliphatic rings. The van der Waals surface area contributed by atoms with Gasteiger partial charge in [0.15, 0.2) is 5.82 Å². The molecule has 0 bridgehead atoms. The molecule has 1 amide bonds. The van der Waals surface area contributed by atoms with Crippen LogP contribution in [0.4, 0.5) is 13.6 Å². The van der Waals surface area contributed by atoms with Crippen molar-refractivity contribution in [3.05, 3.63) is 72.1 Å². The van der Waals surface area contributed by atoms with Crippen molar-refractivity contribution in [3.63, 3.8) is 0 Å². The number of rotatable bonds is 3. The Morgan fingerprint density at radius 1 is 1.07 bits per heavy atom. The fourth-order valence-electron chi connectivity index (χ4n) is 3.57. The highest BCUT2D eigenvalue weighted by Gasteiger charge is 2.25. The van der Waals surface area contributed by atoms with E-state index in [1.54, 1.807) is 4.90 Å². The van der Waals surface area contributed by atoms with Gasteiger partial charge in [0.05, 0.1) is 5.56 Å². The quantitative estimate of drug-likeness (QED) is 0.684. The van der Waals surface area contributed by atoms with Crippen molar-refractivity contribution in [2.45, 2.75) is 19.3 Å². The van der Waals surface area contributed by atoms with E-state index in [2.05, 4.69) is 22.2 Å². The summed E-state index contributed by atoms with van der Waals surface area (Å²) in [6, 6.07) is 13.2. The molecule has 1 aromatic heterocycles. The van der Waals surface area contributed by atoms with E-state index in [4.69, 9.17) is 0 Å². The van der Waals surface area contributed by atoms with Crippen molar-refractivity contribution < 1.29 is 13.6 Å². The molecule has 0 atom stereocenters. The van der Waals surface area contributed by atoms with Gasteiger partial charge in [0.25, 0.3) is 0 Å². The fourth-order valence-corrected chi connectivity index (χ4v) is 3.57. The highest BCUT2D eigenvalue weighted by atomic mass is 19.1. The van der Waals surface area contributed by atoms with Gasteiger partial charge in [-0.2, -0.15) is 4.68 Å². The van der Waals surface area contributed by atoms with Gasteiger partial charge in [-0.1, -0.05) is 30.3 Å². The molecule has 5 nitrogen and oxygen atoms in total. The number of likely N-dealkylation sites (tertiary alicyclic amines) is 1. The van der Waals surface area contributed by atoms with Gasteiger partial charge < -0.3 is 4.90 Å². The lowest BCUT2D eigenvalue weighted by Crippen LogP contribution is -2.41. The normalized spacial score (nSPS) is 15.0. The lowest BCUT2D eigenvalue weighted by Gasteiger charge is -2.31. The first-order chi connectivity index (χ1) is 13.6. The summed E-state index contributed by atoms with van der Waals surface area (Å²) in [5.74, 6) is -0.821. The van der Waals surface area contributed by atoms with Gasteiger partial charge in [-0.15, -0.1) is 5.10 Å². The van der Waals surface area contributed by atoms with E-state index in [1.165, 1.54) is 18.0 Å². The van der Waals surface area contributed by atoms with Gasteiger partial charge in [-0.25, -0.2) is 18.6 Å². The van der Waals surface area contributed by atoms with Gasteiger partial charge in [0.1, 0.15) is 18.0 Å². The smallest absolute Gasteiger partial charge is 0.323 e. The molecule has 0 N–H and O–H groups in total. The van der Waals surface area contributed by atoms with Gasteiger partial charge in [-0.3, -0.25) is 0 Å². The molecule has 0 saturated carbocycles. The number of hydrogen-bond donors (Lipinski definition) is 0. The van der Waals surface area contributed by atoms with E-state index < -0.39 is 11.6 Å². The van der Waals surface area contributed by atoms with Crippen LogP contribution in [0, 0.1) is 17.6 Å². The second-order valence-corrected chi connectivity index (χ2v) is 7.04. The zero-order valence-corrected chi connectivity index (χ0v) is 15.3. The van der Waals surface area contributed by atoms with Crippen LogP contribution in [0.3, 0.4) is 0 Å². The number of benzene rings is 2. The van der Waals surface area contributed by atoms with Crippen molar-refractivity contribution in [1.82, 2.24) is 19.7 Å². The zero-order chi connectivity index (χ0) is 19.5. The Balaban J connectivity index is 1.39. The van der Waals surface area contributed by atoms with Crippen LogP contribution in [0.25, 0.3) is 11.4 Å². The van der Waals surface area contributed by atoms with Crippen molar-refractivity contribution in [3.8, 4) is 11.4 Å². The molecule has 0 aliphatic carbocycles. The maximum Gasteiger partial charge on any atom is 0.346 e. The number of piperidine rings is 1. The molecule has 1 aliphatic heterocycles. The van der Waals surface area contributed by atoms with Crippen LogP contribution in [0.2, 0.25) is 0 Å². The molecular weight excluding hydrogens is 362 g/mol. The molecule has 28 heavy (non-hydrogen) atoms. The maximum atomic E-state index is 13.9. The molecule has 0 spiro atoms. The zero-order valence-electron chi connectivity index (χ0n) is 15.3. The third kappa shape index (κ3) is 3.93. The van der Waals surface area contributed by atoms with Crippen LogP contribution in [0.1, 0.15) is 18.4 Å². The summed E-state index contributed by atoms with van der Waals surface area (Å²) < 4.78 is 28.1. The van der Waals surface area contributed by atoms with Crippen LogP contribution < -0.4 is 0 Å². The van der Waals surface area contributed by atoms with Crippen molar-refractivity contribution >= 4 is 6.03 Å². The standard InChI is InChI=1S/C21H20F2N4O/c22-17-6-7-18(19(23)13-17)20-24-14-27(25-20)21(28)26-10-8-16(9-11-26)12-15-4-2-1-3-5-15/h1-7,13-14,16H,8-12H2. The van der Waals surface area contributed by atoms with Gasteiger partial charge in [0, 0.05) is 19.2 Å². The van der Waals surface area contributed by atoms with E-state index in [-0.39, 0.29) is 17.4 Å². The van der Waals surface area contributed by atoms with Crippen molar-refractivity contribution in [1.29, 1.82) is 0 Å². The summed E-state index contributed by atoms with van der Waals surface area (Å²) in [6.07, 6.45) is 4.14. The molecule has 1 saturated heterocycles. The third-order valence-corrected chi connectivity index (χ3v) is 5.11. The van der Waals surface area contributed by atoms with E-state index in [1.807, 2.05) is 18.2 Å². The average molecular weight is 382 g/mol. The molecule has 2 heterocycles. The summed E-state index contributed by atoms with van der Waals surface area (Å²) in [6.45, 7) is 1.30.